The van der Waals surface area contributed by atoms with E-state index in [2.05, 4.69) is 5.32 Å². The number of benzene rings is 2. The second-order valence-corrected chi connectivity index (χ2v) is 5.78. The first-order chi connectivity index (χ1) is 13.0. The summed E-state index contributed by atoms with van der Waals surface area (Å²) in [5, 5.41) is 2.63. The van der Waals surface area contributed by atoms with Gasteiger partial charge in [-0.15, -0.1) is 0 Å². The third-order valence-corrected chi connectivity index (χ3v) is 3.77. The standard InChI is InChI=1S/C19H18N2O6/c20-18(23)12-2-4-13(5-3-12)19(24)27-11-17(22)21-14-6-7-15-16(10-14)26-9-1-8-25-15/h2-7,10H,1,8-9,11H2,(H2,20,23)(H,21,22). The van der Waals surface area contributed by atoms with Crippen LogP contribution >= 0.6 is 0 Å². The molecule has 2 aromatic carbocycles. The van der Waals surface area contributed by atoms with Crippen molar-refractivity contribution < 1.29 is 28.6 Å². The van der Waals surface area contributed by atoms with Gasteiger partial charge in [-0.25, -0.2) is 4.79 Å². The normalized spacial score (nSPS) is 12.6. The van der Waals surface area contributed by atoms with Crippen molar-refractivity contribution in [3.63, 3.8) is 0 Å². The van der Waals surface area contributed by atoms with E-state index in [1.165, 1.54) is 24.3 Å². The Morgan fingerprint density at radius 3 is 2.33 bits per heavy atom. The lowest BCUT2D eigenvalue weighted by Gasteiger charge is -2.10. The molecule has 1 aliphatic rings. The number of carbonyl (C=O) groups is 3. The summed E-state index contributed by atoms with van der Waals surface area (Å²) in [4.78, 5) is 35.0. The number of rotatable bonds is 5. The van der Waals surface area contributed by atoms with Crippen LogP contribution < -0.4 is 20.5 Å². The van der Waals surface area contributed by atoms with E-state index in [0.29, 0.717) is 30.4 Å². The molecule has 0 atom stereocenters. The van der Waals surface area contributed by atoms with Crippen LogP contribution in [0.15, 0.2) is 42.5 Å². The minimum Gasteiger partial charge on any atom is -0.490 e. The van der Waals surface area contributed by atoms with E-state index < -0.39 is 24.4 Å². The van der Waals surface area contributed by atoms with E-state index in [1.807, 2.05) is 0 Å². The van der Waals surface area contributed by atoms with Crippen molar-refractivity contribution >= 4 is 23.5 Å². The average molecular weight is 370 g/mol. The Balaban J connectivity index is 1.54. The molecule has 8 nitrogen and oxygen atoms in total. The van der Waals surface area contributed by atoms with Gasteiger partial charge in [0, 0.05) is 23.7 Å². The maximum atomic E-state index is 12.0. The molecule has 1 aliphatic heterocycles. The Morgan fingerprint density at radius 1 is 0.963 bits per heavy atom. The van der Waals surface area contributed by atoms with Crippen LogP contribution in [0, 0.1) is 0 Å². The summed E-state index contributed by atoms with van der Waals surface area (Å²) >= 11 is 0. The monoisotopic (exact) mass is 370 g/mol. The highest BCUT2D eigenvalue weighted by atomic mass is 16.5. The van der Waals surface area contributed by atoms with E-state index in [-0.39, 0.29) is 11.1 Å². The smallest absolute Gasteiger partial charge is 0.338 e. The molecular formula is C19H18N2O6. The summed E-state index contributed by atoms with van der Waals surface area (Å²) < 4.78 is 16.1. The van der Waals surface area contributed by atoms with Crippen molar-refractivity contribution in [2.75, 3.05) is 25.1 Å². The lowest BCUT2D eigenvalue weighted by atomic mass is 10.1. The lowest BCUT2D eigenvalue weighted by molar-refractivity contribution is -0.119. The van der Waals surface area contributed by atoms with Crippen LogP contribution in [0.4, 0.5) is 5.69 Å². The fraction of sp³-hybridized carbons (Fsp3) is 0.211. The van der Waals surface area contributed by atoms with E-state index in [1.54, 1.807) is 18.2 Å². The molecule has 27 heavy (non-hydrogen) atoms. The van der Waals surface area contributed by atoms with Crippen LogP contribution in [0.3, 0.4) is 0 Å². The van der Waals surface area contributed by atoms with Crippen molar-refractivity contribution in [2.24, 2.45) is 5.73 Å². The van der Waals surface area contributed by atoms with Crippen molar-refractivity contribution in [2.45, 2.75) is 6.42 Å². The molecule has 0 aromatic heterocycles. The second kappa shape index (κ2) is 8.22. The number of hydrogen-bond donors (Lipinski definition) is 2. The molecule has 8 heteroatoms. The number of hydrogen-bond acceptors (Lipinski definition) is 6. The molecule has 3 rings (SSSR count). The minimum atomic E-state index is -0.681. The van der Waals surface area contributed by atoms with Gasteiger partial charge >= 0.3 is 5.97 Å². The van der Waals surface area contributed by atoms with Gasteiger partial charge in [0.05, 0.1) is 18.8 Å². The fourth-order valence-corrected chi connectivity index (χ4v) is 2.42. The topological polar surface area (TPSA) is 117 Å². The second-order valence-electron chi connectivity index (χ2n) is 5.78. The summed E-state index contributed by atoms with van der Waals surface area (Å²) in [5.74, 6) is -0.593. The van der Waals surface area contributed by atoms with Gasteiger partial charge in [0.15, 0.2) is 18.1 Å². The predicted molar refractivity (Wildman–Crippen MR) is 95.9 cm³/mol. The predicted octanol–water partition coefficient (Wildman–Crippen LogP) is 1.74. The number of nitrogens with two attached hydrogens (primary N) is 1. The minimum absolute atomic E-state index is 0.211. The molecule has 0 aliphatic carbocycles. The molecule has 0 radical (unpaired) electrons. The number of amides is 2. The van der Waals surface area contributed by atoms with Crippen LogP contribution in [0.1, 0.15) is 27.1 Å². The summed E-state index contributed by atoms with van der Waals surface area (Å²) in [5.41, 5.74) is 6.13. The van der Waals surface area contributed by atoms with Gasteiger partial charge < -0.3 is 25.3 Å². The molecule has 2 aromatic rings. The Morgan fingerprint density at radius 2 is 1.63 bits per heavy atom. The van der Waals surface area contributed by atoms with Gasteiger partial charge in [-0.05, 0) is 36.4 Å². The molecule has 0 saturated heterocycles. The largest absolute Gasteiger partial charge is 0.490 e. The Kier molecular flexibility index (Phi) is 5.55. The molecular weight excluding hydrogens is 352 g/mol. The van der Waals surface area contributed by atoms with Crippen molar-refractivity contribution in [1.82, 2.24) is 0 Å². The quantitative estimate of drug-likeness (QED) is 0.775. The first-order valence-corrected chi connectivity index (χ1v) is 8.29. The summed E-state index contributed by atoms with van der Waals surface area (Å²) in [6.07, 6.45) is 0.784. The van der Waals surface area contributed by atoms with Crippen LogP contribution in [-0.2, 0) is 9.53 Å². The third-order valence-electron chi connectivity index (χ3n) is 3.77. The van der Waals surface area contributed by atoms with Gasteiger partial charge in [-0.1, -0.05) is 0 Å². The summed E-state index contributed by atoms with van der Waals surface area (Å²) in [6.45, 7) is 0.663. The number of carbonyl (C=O) groups excluding carboxylic acids is 3. The SMILES string of the molecule is NC(=O)c1ccc(C(=O)OCC(=O)Nc2ccc3c(c2)OCCCO3)cc1. The molecule has 0 unspecified atom stereocenters. The molecule has 2 amide bonds. The first kappa shape index (κ1) is 18.2. The number of esters is 1. The van der Waals surface area contributed by atoms with Crippen LogP contribution in [0.5, 0.6) is 11.5 Å². The van der Waals surface area contributed by atoms with Gasteiger partial charge in [0.1, 0.15) is 0 Å². The maximum Gasteiger partial charge on any atom is 0.338 e. The third kappa shape index (κ3) is 4.75. The Hall–Kier alpha value is -3.55. The number of fused-ring (bicyclic) bond motifs is 1. The lowest BCUT2D eigenvalue weighted by Crippen LogP contribution is -2.21. The van der Waals surface area contributed by atoms with E-state index >= 15 is 0 Å². The van der Waals surface area contributed by atoms with Crippen molar-refractivity contribution in [3.05, 3.63) is 53.6 Å². The molecule has 0 saturated carbocycles. The average Bonchev–Trinajstić information content (AvgIpc) is 2.91. The zero-order chi connectivity index (χ0) is 19.2. The van der Waals surface area contributed by atoms with Crippen molar-refractivity contribution in [3.8, 4) is 11.5 Å². The molecule has 0 bridgehead atoms. The molecule has 140 valence electrons. The van der Waals surface area contributed by atoms with E-state index in [9.17, 15) is 14.4 Å². The molecule has 0 spiro atoms. The van der Waals surface area contributed by atoms with Crippen LogP contribution in [0.2, 0.25) is 0 Å². The Bertz CT molecular complexity index is 863. The van der Waals surface area contributed by atoms with Crippen LogP contribution in [0.25, 0.3) is 0 Å². The summed E-state index contributed by atoms with van der Waals surface area (Å²) in [6, 6.07) is 10.7. The van der Waals surface area contributed by atoms with Gasteiger partial charge in [0.2, 0.25) is 5.91 Å². The highest BCUT2D eigenvalue weighted by molar-refractivity contribution is 5.97. The number of primary amides is 1. The number of ether oxygens (including phenoxy) is 3. The van der Waals surface area contributed by atoms with E-state index in [0.717, 1.165) is 6.42 Å². The van der Waals surface area contributed by atoms with Crippen molar-refractivity contribution in [1.29, 1.82) is 0 Å². The summed E-state index contributed by atoms with van der Waals surface area (Å²) in [7, 11) is 0. The Labute approximate surface area is 155 Å². The van der Waals surface area contributed by atoms with E-state index in [4.69, 9.17) is 19.9 Å². The van der Waals surface area contributed by atoms with Crippen LogP contribution in [-0.4, -0.2) is 37.6 Å². The number of anilines is 1. The maximum absolute atomic E-state index is 12.0. The first-order valence-electron chi connectivity index (χ1n) is 8.29. The van der Waals surface area contributed by atoms with Gasteiger partial charge in [0.25, 0.3) is 5.91 Å². The molecule has 1 heterocycles. The zero-order valence-corrected chi connectivity index (χ0v) is 14.4. The zero-order valence-electron chi connectivity index (χ0n) is 14.4. The molecule has 0 fully saturated rings. The highest BCUT2D eigenvalue weighted by Crippen LogP contribution is 2.32. The highest BCUT2D eigenvalue weighted by Gasteiger charge is 2.14. The number of nitrogens with one attached hydrogen (secondary N) is 1. The van der Waals surface area contributed by atoms with Gasteiger partial charge in [-0.3, -0.25) is 9.59 Å². The van der Waals surface area contributed by atoms with Gasteiger partial charge in [-0.2, -0.15) is 0 Å². The fourth-order valence-electron chi connectivity index (χ4n) is 2.42. The molecule has 3 N–H and O–H groups in total.